The van der Waals surface area contributed by atoms with Gasteiger partial charge in [0, 0.05) is 86.6 Å². The van der Waals surface area contributed by atoms with Crippen LogP contribution in [-0.4, -0.2) is 196 Å². The number of likely N-dealkylation sites (tertiary alicyclic amines) is 1. The van der Waals surface area contributed by atoms with Gasteiger partial charge in [-0.05, 0) is 94.5 Å². The summed E-state index contributed by atoms with van der Waals surface area (Å²) in [7, 11) is 8.49. The molecule has 1 saturated carbocycles. The molecule has 2 fully saturated rings. The number of rotatable bonds is 37. The molecule has 0 radical (unpaired) electrons. The molecule has 7 N–H and O–H groups in total. The number of nitrogens with one attached hydrogen (secondary N) is 7. The molecule has 0 bridgehead atoms. The summed E-state index contributed by atoms with van der Waals surface area (Å²) in [6.45, 7) is 19.7. The minimum Gasteiger partial charge on any atom is -0.445 e. The summed E-state index contributed by atoms with van der Waals surface area (Å²) in [5.41, 5.74) is 2.29. The Morgan fingerprint density at radius 2 is 1.36 bits per heavy atom. The molecule has 1 aliphatic heterocycles. The average molecular weight is 1280 g/mol. The largest absolute Gasteiger partial charge is 0.445 e. The quantitative estimate of drug-likeness (QED) is 0.0357. The molecular formula is C69H106N11O12+. The summed E-state index contributed by atoms with van der Waals surface area (Å²) in [6.07, 6.45) is 0.623. The van der Waals surface area contributed by atoms with Crippen molar-refractivity contribution in [3.63, 3.8) is 0 Å². The molecule has 1 aliphatic carbocycles. The number of ether oxygens (including phenoxy) is 3. The lowest BCUT2D eigenvalue weighted by atomic mass is 9.85. The normalized spacial score (nSPS) is 19.4. The minimum atomic E-state index is -1.03. The maximum absolute atomic E-state index is 14.7. The summed E-state index contributed by atoms with van der Waals surface area (Å²) in [5, 5.41) is 20.5. The van der Waals surface area contributed by atoms with E-state index >= 15 is 0 Å². The topological polar surface area (TPSA) is 278 Å². The third-order valence-corrected chi connectivity index (χ3v) is 18.5. The third-order valence-electron chi connectivity index (χ3n) is 18.5. The second-order valence-electron chi connectivity index (χ2n) is 25.9. The lowest BCUT2D eigenvalue weighted by Gasteiger charge is -2.41. The summed E-state index contributed by atoms with van der Waals surface area (Å²) >= 11 is 0. The van der Waals surface area contributed by atoms with Gasteiger partial charge in [0.25, 0.3) is 5.69 Å². The van der Waals surface area contributed by atoms with E-state index in [-0.39, 0.29) is 106 Å². The summed E-state index contributed by atoms with van der Waals surface area (Å²) in [5.74, 6) is -3.73. The Kier molecular flexibility index (Phi) is 29.7. The van der Waals surface area contributed by atoms with Gasteiger partial charge in [0.1, 0.15) is 18.7 Å². The maximum Gasteiger partial charge on any atom is 0.407 e. The Bertz CT molecular complexity index is 2890. The van der Waals surface area contributed by atoms with Crippen LogP contribution in [0, 0.1) is 34.5 Å². The second kappa shape index (κ2) is 36.2. The van der Waals surface area contributed by atoms with Crippen molar-refractivity contribution >= 4 is 53.1 Å². The molecule has 5 rings (SSSR count). The van der Waals surface area contributed by atoms with Crippen molar-refractivity contribution in [2.75, 3.05) is 74.6 Å². The van der Waals surface area contributed by atoms with Crippen molar-refractivity contribution < 1.29 is 57.3 Å². The first-order valence-corrected chi connectivity index (χ1v) is 32.7. The minimum absolute atomic E-state index is 0.00175. The first-order chi connectivity index (χ1) is 43.7. The lowest BCUT2D eigenvalue weighted by molar-refractivity contribution is -0.458. The van der Waals surface area contributed by atoms with Crippen LogP contribution < -0.4 is 37.2 Å². The Balaban J connectivity index is 1.23. The highest BCUT2D eigenvalue weighted by Gasteiger charge is 2.59. The van der Waals surface area contributed by atoms with Crippen LogP contribution in [0.25, 0.3) is 0 Å². The Hall–Kier alpha value is -7.34. The number of amides is 8. The van der Waals surface area contributed by atoms with Crippen LogP contribution >= 0.6 is 0 Å². The van der Waals surface area contributed by atoms with Gasteiger partial charge < -0.3 is 61.2 Å². The van der Waals surface area contributed by atoms with Crippen LogP contribution in [0.3, 0.4) is 0 Å². The van der Waals surface area contributed by atoms with Gasteiger partial charge in [0.05, 0.1) is 55.8 Å². The molecule has 13 atom stereocenters. The number of alkyl carbamates (subject to hydrolysis) is 1. The number of benzene rings is 3. The van der Waals surface area contributed by atoms with Gasteiger partial charge in [-0.15, -0.1) is 0 Å². The van der Waals surface area contributed by atoms with Crippen molar-refractivity contribution in [2.24, 2.45) is 29.6 Å². The van der Waals surface area contributed by atoms with Gasteiger partial charge in [-0.3, -0.25) is 38.5 Å². The van der Waals surface area contributed by atoms with E-state index in [9.17, 15) is 43.3 Å². The smallest absolute Gasteiger partial charge is 0.407 e. The summed E-state index contributed by atoms with van der Waals surface area (Å²) in [4.78, 5) is 128. The fourth-order valence-corrected chi connectivity index (χ4v) is 13.0. The van der Waals surface area contributed by atoms with E-state index in [1.807, 2.05) is 140 Å². The standard InChI is InChI=1S/C69H105N11O12/c1-16-45(7)62(78(13)67(87)60(43(3)4)76-66(86)61(44(5)6)77(11)12)56(90-14)36-59(83)79-34-24-29-55(79)63(91-15)47(9)64(84)74-48(10)69(51-30-32-53(33-31-51)80(89)17-2)37-52(69)39-71-57(81)40-72-65(85)54(35-49-25-20-18-21-26-49)75-58(82)41-70-46(8)38-73-68(88)92-42-50-27-22-19-23-28-50/h18-23,25-28,30-33,43-48,52,54-56,60-63,70H,16-17,24,29,34-42H2,1-15H3,(H5-,71,72,73,74,75,76,81,82,84,85,86,88)/p+1/t45?,46?,47-,48+,52?,54+,55-,56?,60-,61?,62-,63?,69+/m1/s1. The van der Waals surface area contributed by atoms with Crippen LogP contribution in [0.4, 0.5) is 10.5 Å². The first kappa shape index (κ1) is 75.4. The highest BCUT2D eigenvalue weighted by atomic mass is 16.5. The second-order valence-corrected chi connectivity index (χ2v) is 25.9. The van der Waals surface area contributed by atoms with Gasteiger partial charge in [-0.2, -0.15) is 0 Å². The van der Waals surface area contributed by atoms with Crippen molar-refractivity contribution in [3.05, 3.63) is 107 Å². The molecule has 0 aromatic heterocycles. The highest BCUT2D eigenvalue weighted by molar-refractivity contribution is 5.92. The van der Waals surface area contributed by atoms with Crippen molar-refractivity contribution in [2.45, 2.75) is 174 Å². The van der Waals surface area contributed by atoms with Crippen LogP contribution in [0.1, 0.15) is 118 Å². The molecule has 1 heterocycles. The van der Waals surface area contributed by atoms with Crippen molar-refractivity contribution in [3.8, 4) is 0 Å². The van der Waals surface area contributed by atoms with Crippen LogP contribution in [0.2, 0.25) is 0 Å². The number of nitroso groups, excluding NO2 is 1. The number of hydrogen-bond donors (Lipinski definition) is 7. The Morgan fingerprint density at radius 3 is 1.93 bits per heavy atom. The molecular weight excluding hydrogens is 1170 g/mol. The SMILES string of the molecule is CCC(C)[C@H](C(CC(=O)N1CCC[C@@H]1C(OC)[C@@H](C)C(=O)N[C@@H](C)[C@]1(c2ccc([N+](=O)CC)cc2)CC1CNC(=O)CNC(=O)[C@H](Cc1ccccc1)NC(=O)CNC(C)CNC(=O)OCc1ccccc1)OC)N(C)C(=O)[C@H](NC(=O)C(C(C)C)N(C)C)C(C)C. The molecule has 92 heavy (non-hydrogen) atoms. The van der Waals surface area contributed by atoms with Crippen LogP contribution in [-0.2, 0) is 66.2 Å². The summed E-state index contributed by atoms with van der Waals surface area (Å²) in [6, 6.07) is 21.6. The zero-order valence-corrected chi connectivity index (χ0v) is 57.0. The van der Waals surface area contributed by atoms with Gasteiger partial charge in [-0.25, -0.2) is 4.79 Å². The number of likely N-dealkylation sites (N-methyl/N-ethyl adjacent to an activating group) is 2. The molecule has 508 valence electrons. The fraction of sp³-hybridized carbons (Fsp3) is 0.623. The highest BCUT2D eigenvalue weighted by Crippen LogP contribution is 2.56. The third kappa shape index (κ3) is 20.8. The fourth-order valence-electron chi connectivity index (χ4n) is 13.0. The number of carbonyl (C=O) groups is 8. The number of nitrogens with zero attached hydrogens (tertiary/aromatic N) is 4. The monoisotopic (exact) mass is 1280 g/mol. The molecule has 6 unspecified atom stereocenters. The molecule has 23 nitrogen and oxygen atoms in total. The molecule has 3 aromatic rings. The number of carbonyl (C=O) groups excluding carboxylic acids is 8. The first-order valence-electron chi connectivity index (χ1n) is 32.7. The average Bonchev–Trinajstić information content (AvgIpc) is 1.56. The van der Waals surface area contributed by atoms with Crippen molar-refractivity contribution in [1.29, 1.82) is 0 Å². The van der Waals surface area contributed by atoms with E-state index in [2.05, 4.69) is 37.2 Å². The number of hydrogen-bond acceptors (Lipinski definition) is 14. The van der Waals surface area contributed by atoms with Crippen LogP contribution in [0.5, 0.6) is 0 Å². The van der Waals surface area contributed by atoms with E-state index in [1.54, 1.807) is 64.0 Å². The Morgan fingerprint density at radius 1 is 0.717 bits per heavy atom. The zero-order valence-electron chi connectivity index (χ0n) is 57.0. The predicted octanol–water partition coefficient (Wildman–Crippen LogP) is 5.39. The lowest BCUT2D eigenvalue weighted by Crippen LogP contribution is -2.59. The predicted molar refractivity (Wildman–Crippen MR) is 353 cm³/mol. The molecule has 1 saturated heterocycles. The summed E-state index contributed by atoms with van der Waals surface area (Å²) < 4.78 is 18.4. The zero-order chi connectivity index (χ0) is 68.0. The van der Waals surface area contributed by atoms with Gasteiger partial charge in [-0.1, -0.05) is 128 Å². The molecule has 8 amide bonds. The van der Waals surface area contributed by atoms with Crippen LogP contribution in [0.15, 0.2) is 84.9 Å². The molecule has 2 aliphatic rings. The van der Waals surface area contributed by atoms with Gasteiger partial charge in [0.15, 0.2) is 6.54 Å². The number of methoxy groups -OCH3 is 2. The van der Waals surface area contributed by atoms with E-state index < -0.39 is 83.6 Å². The molecule has 23 heteroatoms. The molecule has 3 aromatic carbocycles. The van der Waals surface area contributed by atoms with E-state index in [0.717, 1.165) is 21.5 Å². The van der Waals surface area contributed by atoms with E-state index in [0.29, 0.717) is 37.9 Å². The van der Waals surface area contributed by atoms with Gasteiger partial charge >= 0.3 is 6.09 Å². The molecule has 0 spiro atoms. The van der Waals surface area contributed by atoms with E-state index in [1.165, 1.54) is 0 Å². The Labute approximate surface area is 545 Å². The van der Waals surface area contributed by atoms with Crippen molar-refractivity contribution in [1.82, 2.24) is 51.9 Å². The van der Waals surface area contributed by atoms with E-state index in [4.69, 9.17) is 14.2 Å². The van der Waals surface area contributed by atoms with Gasteiger partial charge in [0.2, 0.25) is 41.4 Å². The maximum atomic E-state index is 14.7.